The molecule has 0 bridgehead atoms. The molecule has 2 N–H and O–H groups in total. The summed E-state index contributed by atoms with van der Waals surface area (Å²) in [6.45, 7) is 0. The van der Waals surface area contributed by atoms with Gasteiger partial charge >= 0.3 is 0 Å². The summed E-state index contributed by atoms with van der Waals surface area (Å²) in [6, 6.07) is 9.92. The molecule has 128 valence electrons. The minimum atomic E-state index is -0.318. The number of rotatable bonds is 4. The van der Waals surface area contributed by atoms with Gasteiger partial charge in [-0.2, -0.15) is 0 Å². The van der Waals surface area contributed by atoms with Gasteiger partial charge in [-0.15, -0.1) is 0 Å². The predicted molar refractivity (Wildman–Crippen MR) is 103 cm³/mol. The molecule has 25 heavy (non-hydrogen) atoms. The molecule has 0 atom stereocenters. The monoisotopic (exact) mass is 413 g/mol. The first kappa shape index (κ1) is 18.1. The molecule has 1 heterocycles. The summed E-state index contributed by atoms with van der Waals surface area (Å²) in [5, 5.41) is 4.38. The van der Waals surface area contributed by atoms with Crippen molar-refractivity contribution in [3.05, 3.63) is 61.8 Å². The van der Waals surface area contributed by atoms with Gasteiger partial charge in [0.1, 0.15) is 0 Å². The molecule has 0 radical (unpaired) electrons. The summed E-state index contributed by atoms with van der Waals surface area (Å²) in [5.41, 5.74) is 0.685. The number of anilines is 1. The van der Waals surface area contributed by atoms with Crippen LogP contribution in [0.3, 0.4) is 0 Å². The van der Waals surface area contributed by atoms with E-state index < -0.39 is 0 Å². The van der Waals surface area contributed by atoms with E-state index in [1.165, 1.54) is 12.1 Å². The molecule has 0 aliphatic heterocycles. The van der Waals surface area contributed by atoms with E-state index in [4.69, 9.17) is 34.8 Å². The van der Waals surface area contributed by atoms with Crippen LogP contribution in [0.5, 0.6) is 0 Å². The Bertz CT molecular complexity index is 1020. The smallest absolute Gasteiger partial charge is 0.259 e. The fourth-order valence-electron chi connectivity index (χ4n) is 2.07. The van der Waals surface area contributed by atoms with Crippen LogP contribution in [-0.2, 0) is 4.79 Å². The van der Waals surface area contributed by atoms with Gasteiger partial charge in [-0.25, -0.2) is 4.98 Å². The largest absolute Gasteiger partial charge is 0.324 e. The first-order valence-corrected chi connectivity index (χ1v) is 9.12. The van der Waals surface area contributed by atoms with Gasteiger partial charge in [-0.3, -0.25) is 9.59 Å². The zero-order valence-electron chi connectivity index (χ0n) is 12.5. The van der Waals surface area contributed by atoms with Crippen LogP contribution in [0, 0.1) is 0 Å². The molecule has 0 saturated heterocycles. The lowest BCUT2D eigenvalue weighted by Crippen LogP contribution is -2.16. The van der Waals surface area contributed by atoms with E-state index in [1.54, 1.807) is 24.3 Å². The van der Waals surface area contributed by atoms with E-state index in [0.717, 1.165) is 11.8 Å². The number of carbonyl (C=O) groups excluding carboxylic acids is 1. The van der Waals surface area contributed by atoms with E-state index in [-0.39, 0.29) is 27.3 Å². The topological polar surface area (TPSA) is 74.8 Å². The maximum absolute atomic E-state index is 12.1. The number of hydrogen-bond acceptors (Lipinski definition) is 4. The normalized spacial score (nSPS) is 10.8. The maximum atomic E-state index is 12.1. The minimum absolute atomic E-state index is 0.0395. The summed E-state index contributed by atoms with van der Waals surface area (Å²) < 4.78 is 0. The average Bonchev–Trinajstić information content (AvgIpc) is 2.58. The molecule has 0 spiro atoms. The van der Waals surface area contributed by atoms with E-state index in [0.29, 0.717) is 26.8 Å². The van der Waals surface area contributed by atoms with Crippen molar-refractivity contribution in [1.82, 2.24) is 9.97 Å². The predicted octanol–water partition coefficient (Wildman–Crippen LogP) is 4.61. The van der Waals surface area contributed by atoms with Crippen LogP contribution in [0.15, 0.2) is 46.3 Å². The highest BCUT2D eigenvalue weighted by atomic mass is 35.5. The second-order valence-electron chi connectivity index (χ2n) is 4.97. The maximum Gasteiger partial charge on any atom is 0.259 e. The quantitative estimate of drug-likeness (QED) is 0.371. The van der Waals surface area contributed by atoms with E-state index >= 15 is 0 Å². The SMILES string of the molecule is O=C(CSc1nc2ccccc2c(=O)[nH]1)Nc1cc(Cl)c(Cl)cc1Cl. The Morgan fingerprint density at radius 2 is 1.84 bits per heavy atom. The van der Waals surface area contributed by atoms with Gasteiger partial charge in [-0.1, -0.05) is 58.7 Å². The summed E-state index contributed by atoms with van der Waals surface area (Å²) in [5.74, 6) is -0.279. The van der Waals surface area contributed by atoms with Gasteiger partial charge in [-0.05, 0) is 24.3 Å². The van der Waals surface area contributed by atoms with Crippen molar-refractivity contribution in [1.29, 1.82) is 0 Å². The van der Waals surface area contributed by atoms with E-state index in [9.17, 15) is 9.59 Å². The van der Waals surface area contributed by atoms with E-state index in [1.807, 2.05) is 0 Å². The fourth-order valence-corrected chi connectivity index (χ4v) is 3.33. The van der Waals surface area contributed by atoms with Crippen LogP contribution in [0.4, 0.5) is 5.69 Å². The Morgan fingerprint density at radius 1 is 1.12 bits per heavy atom. The van der Waals surface area contributed by atoms with Gasteiger partial charge in [0, 0.05) is 0 Å². The van der Waals surface area contributed by atoms with Crippen LogP contribution in [-0.4, -0.2) is 21.6 Å². The number of nitrogens with one attached hydrogen (secondary N) is 2. The molecule has 1 amide bonds. The number of aromatic nitrogens is 2. The molecule has 3 rings (SSSR count). The fraction of sp³-hybridized carbons (Fsp3) is 0.0625. The number of hydrogen-bond donors (Lipinski definition) is 2. The number of fused-ring (bicyclic) bond motifs is 1. The number of carbonyl (C=O) groups is 1. The summed E-state index contributed by atoms with van der Waals surface area (Å²) in [7, 11) is 0. The highest BCUT2D eigenvalue weighted by molar-refractivity contribution is 7.99. The van der Waals surface area contributed by atoms with Gasteiger partial charge in [0.15, 0.2) is 5.16 Å². The first-order chi connectivity index (χ1) is 11.9. The molecule has 0 saturated carbocycles. The van der Waals surface area contributed by atoms with Gasteiger partial charge in [0.2, 0.25) is 5.91 Å². The molecule has 0 aliphatic rings. The molecule has 0 fully saturated rings. The third kappa shape index (κ3) is 4.27. The van der Waals surface area contributed by atoms with Crippen molar-refractivity contribution < 1.29 is 4.79 Å². The molecule has 0 aliphatic carbocycles. The summed E-state index contributed by atoms with van der Waals surface area (Å²) >= 11 is 18.9. The Labute approximate surface area is 161 Å². The van der Waals surface area contributed by atoms with Crippen molar-refractivity contribution in [3.63, 3.8) is 0 Å². The standard InChI is InChI=1S/C16H10Cl3N3O2S/c17-9-5-11(19)13(6-10(9)18)20-14(23)7-25-16-21-12-4-2-1-3-8(12)15(24)22-16/h1-6H,7H2,(H,20,23)(H,21,22,24). The molecule has 2 aromatic carbocycles. The molecular weight excluding hydrogens is 405 g/mol. The first-order valence-electron chi connectivity index (χ1n) is 7.00. The van der Waals surface area contributed by atoms with Crippen molar-refractivity contribution >= 4 is 69.1 Å². The van der Waals surface area contributed by atoms with Crippen LogP contribution in [0.2, 0.25) is 15.1 Å². The zero-order valence-corrected chi connectivity index (χ0v) is 15.6. The minimum Gasteiger partial charge on any atom is -0.324 e. The van der Waals surface area contributed by atoms with Crippen molar-refractivity contribution in [2.45, 2.75) is 5.16 Å². The van der Waals surface area contributed by atoms with Crippen LogP contribution >= 0.6 is 46.6 Å². The molecule has 5 nitrogen and oxygen atoms in total. The number of halogens is 3. The van der Waals surface area contributed by atoms with Gasteiger partial charge < -0.3 is 10.3 Å². The highest BCUT2D eigenvalue weighted by Gasteiger charge is 2.11. The molecular formula is C16H10Cl3N3O2S. The third-order valence-corrected chi connectivity index (χ3v) is 5.12. The number of amides is 1. The lowest BCUT2D eigenvalue weighted by Gasteiger charge is -2.08. The highest BCUT2D eigenvalue weighted by Crippen LogP contribution is 2.32. The van der Waals surface area contributed by atoms with Crippen LogP contribution in [0.25, 0.3) is 10.9 Å². The Balaban J connectivity index is 1.71. The van der Waals surface area contributed by atoms with Gasteiger partial charge in [0.05, 0.1) is 37.4 Å². The Kier molecular flexibility index (Phi) is 5.54. The van der Waals surface area contributed by atoms with Crippen LogP contribution < -0.4 is 10.9 Å². The lowest BCUT2D eigenvalue weighted by molar-refractivity contribution is -0.113. The number of benzene rings is 2. The second kappa shape index (κ2) is 7.66. The molecule has 3 aromatic rings. The van der Waals surface area contributed by atoms with Crippen molar-refractivity contribution in [2.75, 3.05) is 11.1 Å². The number of H-pyrrole nitrogens is 1. The number of aromatic amines is 1. The van der Waals surface area contributed by atoms with Crippen LogP contribution in [0.1, 0.15) is 0 Å². The number of thioether (sulfide) groups is 1. The van der Waals surface area contributed by atoms with E-state index in [2.05, 4.69) is 15.3 Å². The van der Waals surface area contributed by atoms with Crippen molar-refractivity contribution in [3.8, 4) is 0 Å². The van der Waals surface area contributed by atoms with Gasteiger partial charge in [0.25, 0.3) is 5.56 Å². The average molecular weight is 415 g/mol. The molecule has 0 unspecified atom stereocenters. The number of para-hydroxylation sites is 1. The Hall–Kier alpha value is -1.73. The molecule has 9 heteroatoms. The Morgan fingerprint density at radius 3 is 2.64 bits per heavy atom. The zero-order chi connectivity index (χ0) is 18.0. The molecule has 1 aromatic heterocycles. The lowest BCUT2D eigenvalue weighted by atomic mass is 10.2. The number of nitrogens with zero attached hydrogens (tertiary/aromatic N) is 1. The second-order valence-corrected chi connectivity index (χ2v) is 7.16. The van der Waals surface area contributed by atoms with Crippen molar-refractivity contribution in [2.24, 2.45) is 0 Å². The third-order valence-electron chi connectivity index (χ3n) is 3.22. The summed E-state index contributed by atoms with van der Waals surface area (Å²) in [6.07, 6.45) is 0. The summed E-state index contributed by atoms with van der Waals surface area (Å²) in [4.78, 5) is 31.1.